The number of ether oxygens (including phenoxy) is 1. The Bertz CT molecular complexity index is 542. The van der Waals surface area contributed by atoms with Crippen LogP contribution in [0.25, 0.3) is 0 Å². The number of thiophene rings is 1. The zero-order chi connectivity index (χ0) is 13.1. The van der Waals surface area contributed by atoms with Crippen LogP contribution in [0.5, 0.6) is 5.75 Å². The molecule has 0 bridgehead atoms. The summed E-state index contributed by atoms with van der Waals surface area (Å²) in [5.41, 5.74) is 1.29. The largest absolute Gasteiger partial charge is 0.494 e. The van der Waals surface area contributed by atoms with Gasteiger partial charge in [-0.3, -0.25) is 0 Å². The number of methoxy groups -OCH3 is 1. The van der Waals surface area contributed by atoms with Crippen LogP contribution in [0, 0.1) is 8.70 Å². The van der Waals surface area contributed by atoms with Gasteiger partial charge in [0.2, 0.25) is 0 Å². The average Bonchev–Trinajstić information content (AvgIpc) is 2.78. The Labute approximate surface area is 123 Å². The van der Waals surface area contributed by atoms with Crippen molar-refractivity contribution in [2.75, 3.05) is 7.11 Å². The fourth-order valence-electron chi connectivity index (χ4n) is 1.70. The number of aliphatic hydroxyl groups is 1. The number of benzene rings is 1. The molecule has 2 aromatic rings. The summed E-state index contributed by atoms with van der Waals surface area (Å²) in [6, 6.07) is 6.87. The van der Waals surface area contributed by atoms with Crippen LogP contribution in [0.3, 0.4) is 0 Å². The molecule has 2 rings (SSSR count). The summed E-state index contributed by atoms with van der Waals surface area (Å²) in [5, 5.41) is 12.0. The van der Waals surface area contributed by atoms with E-state index in [1.54, 1.807) is 29.5 Å². The van der Waals surface area contributed by atoms with E-state index in [0.717, 1.165) is 8.45 Å². The van der Waals surface area contributed by atoms with E-state index in [2.05, 4.69) is 22.6 Å². The fraction of sp³-hybridized carbons (Fsp3) is 0.231. The van der Waals surface area contributed by atoms with Gasteiger partial charge in [0.05, 0.1) is 16.1 Å². The maximum Gasteiger partial charge on any atom is 0.168 e. The van der Waals surface area contributed by atoms with Crippen LogP contribution >= 0.6 is 33.9 Å². The summed E-state index contributed by atoms with van der Waals surface area (Å²) in [5.74, 6) is -0.191. The highest BCUT2D eigenvalue weighted by Gasteiger charge is 2.15. The molecule has 0 fully saturated rings. The molecular formula is C13H12FIO2S. The van der Waals surface area contributed by atoms with Crippen molar-refractivity contribution in [3.8, 4) is 5.75 Å². The topological polar surface area (TPSA) is 29.5 Å². The molecule has 1 atom stereocenters. The van der Waals surface area contributed by atoms with Gasteiger partial charge in [-0.2, -0.15) is 0 Å². The third-order valence-electron chi connectivity index (χ3n) is 2.65. The second-order valence-corrected chi connectivity index (χ2v) is 6.64. The molecule has 0 amide bonds. The molecule has 0 radical (unpaired) electrons. The Morgan fingerprint density at radius 1 is 1.50 bits per heavy atom. The molecule has 1 N–H and O–H groups in total. The van der Waals surface area contributed by atoms with E-state index in [9.17, 15) is 9.50 Å². The Morgan fingerprint density at radius 3 is 2.89 bits per heavy atom. The maximum atomic E-state index is 13.9. The van der Waals surface area contributed by atoms with Crippen molar-refractivity contribution in [3.63, 3.8) is 0 Å². The molecular weight excluding hydrogens is 366 g/mol. The normalized spacial score (nSPS) is 12.4. The summed E-state index contributed by atoms with van der Waals surface area (Å²) < 4.78 is 19.9. The summed E-state index contributed by atoms with van der Waals surface area (Å²) in [6.45, 7) is 0. The van der Waals surface area contributed by atoms with Crippen LogP contribution in [0.4, 0.5) is 4.39 Å². The Morgan fingerprint density at radius 2 is 2.28 bits per heavy atom. The van der Waals surface area contributed by atoms with Crippen LogP contribution in [0.1, 0.15) is 17.2 Å². The first-order chi connectivity index (χ1) is 8.61. The van der Waals surface area contributed by atoms with Gasteiger partial charge < -0.3 is 9.84 Å². The minimum Gasteiger partial charge on any atom is -0.494 e. The summed E-state index contributed by atoms with van der Waals surface area (Å²) in [7, 11) is 1.43. The van der Waals surface area contributed by atoms with Gasteiger partial charge in [0, 0.05) is 6.42 Å². The first kappa shape index (κ1) is 13.8. The van der Waals surface area contributed by atoms with E-state index in [-0.39, 0.29) is 12.2 Å². The molecule has 0 aliphatic carbocycles. The van der Waals surface area contributed by atoms with E-state index in [1.807, 2.05) is 11.4 Å². The quantitative estimate of drug-likeness (QED) is 0.821. The van der Waals surface area contributed by atoms with E-state index in [4.69, 9.17) is 4.74 Å². The minimum atomic E-state index is -0.689. The summed E-state index contributed by atoms with van der Waals surface area (Å²) in [6.07, 6.45) is -0.443. The predicted molar refractivity (Wildman–Crippen MR) is 78.7 cm³/mol. The van der Waals surface area contributed by atoms with Crippen LogP contribution in [-0.4, -0.2) is 12.2 Å². The van der Waals surface area contributed by atoms with Gasteiger partial charge in [0.1, 0.15) is 0 Å². The molecule has 0 saturated carbocycles. The van der Waals surface area contributed by atoms with Gasteiger partial charge in [-0.05, 0) is 51.2 Å². The van der Waals surface area contributed by atoms with Crippen molar-refractivity contribution in [2.24, 2.45) is 0 Å². The van der Waals surface area contributed by atoms with Crippen molar-refractivity contribution in [3.05, 3.63) is 49.5 Å². The molecule has 1 aromatic carbocycles. The SMILES string of the molecule is COc1cccc(CC(O)c2csc(I)c2)c1F. The number of halogens is 2. The Kier molecular flexibility index (Phi) is 4.58. The Hall–Kier alpha value is -0.660. The molecule has 5 heteroatoms. The lowest BCUT2D eigenvalue weighted by Gasteiger charge is -2.11. The molecule has 0 spiro atoms. The third kappa shape index (κ3) is 3.02. The summed E-state index contributed by atoms with van der Waals surface area (Å²) in [4.78, 5) is 0. The number of hydrogen-bond acceptors (Lipinski definition) is 3. The zero-order valence-corrected chi connectivity index (χ0v) is 12.7. The van der Waals surface area contributed by atoms with Crippen LogP contribution < -0.4 is 4.74 Å². The third-order valence-corrected chi connectivity index (χ3v) is 4.46. The number of aliphatic hydroxyl groups excluding tert-OH is 1. The first-order valence-electron chi connectivity index (χ1n) is 5.35. The van der Waals surface area contributed by atoms with Crippen molar-refractivity contribution in [1.29, 1.82) is 0 Å². The summed E-state index contributed by atoms with van der Waals surface area (Å²) >= 11 is 3.76. The smallest absolute Gasteiger partial charge is 0.168 e. The van der Waals surface area contributed by atoms with Gasteiger partial charge in [-0.1, -0.05) is 12.1 Å². The highest BCUT2D eigenvalue weighted by Crippen LogP contribution is 2.27. The van der Waals surface area contributed by atoms with Gasteiger partial charge in [-0.25, -0.2) is 4.39 Å². The lowest BCUT2D eigenvalue weighted by Crippen LogP contribution is -2.03. The molecule has 0 aliphatic heterocycles. The fourth-order valence-corrected chi connectivity index (χ4v) is 3.11. The van der Waals surface area contributed by atoms with Crippen LogP contribution in [0.15, 0.2) is 29.6 Å². The lowest BCUT2D eigenvalue weighted by molar-refractivity contribution is 0.177. The van der Waals surface area contributed by atoms with Crippen molar-refractivity contribution in [1.82, 2.24) is 0 Å². The highest BCUT2D eigenvalue weighted by atomic mass is 127. The van der Waals surface area contributed by atoms with E-state index < -0.39 is 11.9 Å². The highest BCUT2D eigenvalue weighted by molar-refractivity contribution is 14.1. The molecule has 18 heavy (non-hydrogen) atoms. The molecule has 0 aliphatic rings. The van der Waals surface area contributed by atoms with Crippen molar-refractivity contribution < 1.29 is 14.2 Å². The van der Waals surface area contributed by atoms with E-state index in [0.29, 0.717) is 5.56 Å². The van der Waals surface area contributed by atoms with Gasteiger partial charge >= 0.3 is 0 Å². The van der Waals surface area contributed by atoms with Crippen LogP contribution in [0.2, 0.25) is 0 Å². The average molecular weight is 378 g/mol. The van der Waals surface area contributed by atoms with Crippen LogP contribution in [-0.2, 0) is 6.42 Å². The van der Waals surface area contributed by atoms with E-state index in [1.165, 1.54) is 7.11 Å². The number of rotatable bonds is 4. The molecule has 2 nitrogen and oxygen atoms in total. The molecule has 1 heterocycles. The van der Waals surface area contributed by atoms with Gasteiger partial charge in [0.25, 0.3) is 0 Å². The van der Waals surface area contributed by atoms with Crippen molar-refractivity contribution in [2.45, 2.75) is 12.5 Å². The standard InChI is InChI=1S/C13H12FIO2S/c1-17-11-4-2-3-8(13(11)14)5-10(16)9-6-12(15)18-7-9/h2-4,6-7,10,16H,5H2,1H3. The van der Waals surface area contributed by atoms with Crippen molar-refractivity contribution >= 4 is 33.9 Å². The first-order valence-corrected chi connectivity index (χ1v) is 7.31. The molecule has 1 unspecified atom stereocenters. The number of hydrogen-bond donors (Lipinski definition) is 1. The second kappa shape index (κ2) is 5.99. The minimum absolute atomic E-state index is 0.208. The Balaban J connectivity index is 2.19. The monoisotopic (exact) mass is 378 g/mol. The van der Waals surface area contributed by atoms with E-state index >= 15 is 0 Å². The molecule has 96 valence electrons. The molecule has 0 saturated heterocycles. The maximum absolute atomic E-state index is 13.9. The van der Waals surface area contributed by atoms with Gasteiger partial charge in [-0.15, -0.1) is 11.3 Å². The van der Waals surface area contributed by atoms with Gasteiger partial charge in [0.15, 0.2) is 11.6 Å². The second-order valence-electron chi connectivity index (χ2n) is 3.84. The zero-order valence-electron chi connectivity index (χ0n) is 9.69. The lowest BCUT2D eigenvalue weighted by atomic mass is 10.0. The predicted octanol–water partition coefficient (Wildman–Crippen LogP) is 3.78. The molecule has 1 aromatic heterocycles.